The molecule has 2 fully saturated rings. The number of nitrogens with zero attached hydrogens (tertiary/aromatic N) is 3. The number of carbonyl (C=O) groups is 5. The minimum absolute atomic E-state index is 0.0150. The van der Waals surface area contributed by atoms with Crippen molar-refractivity contribution in [1.82, 2.24) is 20.1 Å². The summed E-state index contributed by atoms with van der Waals surface area (Å²) in [5.74, 6) is -2.43. The van der Waals surface area contributed by atoms with Crippen molar-refractivity contribution >= 4 is 40.9 Å². The molecule has 1 N–H and O–H groups in total. The number of hydrogen-bond donors (Lipinski definition) is 1. The summed E-state index contributed by atoms with van der Waals surface area (Å²) >= 11 is 1.18. The number of nitrogens with one attached hydrogen (secondary N) is 1. The third kappa shape index (κ3) is 11.4. The summed E-state index contributed by atoms with van der Waals surface area (Å²) in [6, 6.07) is 4.98. The number of esters is 2. The van der Waals surface area contributed by atoms with Crippen LogP contribution in [-0.4, -0.2) is 90.2 Å². The van der Waals surface area contributed by atoms with Crippen LogP contribution < -0.4 is 5.32 Å². The SMILES string of the molecule is COC(=O)[C@@H](C)C[C@H](Cc1ccc(F)cc1)NC(=O)c1csc([C@@H](C[C@H](C(C)C)N(C)C(=O)[C@@H](CC(=O)[C@H]2CCCCN2C)C2CC2)OC(C)=O)n1. The van der Waals surface area contributed by atoms with Gasteiger partial charge >= 0.3 is 11.9 Å². The molecule has 52 heavy (non-hydrogen) atoms. The van der Waals surface area contributed by atoms with Crippen LogP contribution in [0.5, 0.6) is 0 Å². The third-order valence-electron chi connectivity index (χ3n) is 10.5. The number of hydrogen-bond acceptors (Lipinski definition) is 10. The second-order valence-corrected chi connectivity index (χ2v) is 15.8. The van der Waals surface area contributed by atoms with E-state index in [-0.39, 0.29) is 72.3 Å². The number of piperidine rings is 1. The molecule has 2 amide bonds. The van der Waals surface area contributed by atoms with Gasteiger partial charge in [-0.1, -0.05) is 39.3 Å². The first-order chi connectivity index (χ1) is 24.7. The zero-order chi connectivity index (χ0) is 38.1. The first kappa shape index (κ1) is 41.1. The van der Waals surface area contributed by atoms with Crippen molar-refractivity contribution in [2.24, 2.45) is 23.7 Å². The molecule has 4 rings (SSSR count). The number of aromatic nitrogens is 1. The highest BCUT2D eigenvalue weighted by Gasteiger charge is 2.42. The number of rotatable bonds is 18. The van der Waals surface area contributed by atoms with Crippen LogP contribution in [0, 0.1) is 29.5 Å². The molecule has 13 heteroatoms. The van der Waals surface area contributed by atoms with E-state index in [0.29, 0.717) is 11.4 Å². The maximum atomic E-state index is 14.1. The van der Waals surface area contributed by atoms with Crippen molar-refractivity contribution in [3.8, 4) is 0 Å². The second kappa shape index (κ2) is 18.9. The van der Waals surface area contributed by atoms with Gasteiger partial charge < -0.3 is 19.7 Å². The smallest absolute Gasteiger partial charge is 0.308 e. The lowest BCUT2D eigenvalue weighted by atomic mass is 9.88. The van der Waals surface area contributed by atoms with Crippen molar-refractivity contribution in [3.05, 3.63) is 51.7 Å². The third-order valence-corrected chi connectivity index (χ3v) is 11.4. The maximum Gasteiger partial charge on any atom is 0.308 e. The quantitative estimate of drug-likeness (QED) is 0.189. The summed E-state index contributed by atoms with van der Waals surface area (Å²) in [5.41, 5.74) is 0.906. The molecule has 1 saturated carbocycles. The van der Waals surface area contributed by atoms with Gasteiger partial charge in [-0.3, -0.25) is 28.9 Å². The van der Waals surface area contributed by atoms with Crippen LogP contribution in [0.25, 0.3) is 0 Å². The molecule has 2 heterocycles. The molecule has 0 bridgehead atoms. The van der Waals surface area contributed by atoms with Gasteiger partial charge in [0.25, 0.3) is 5.91 Å². The lowest BCUT2D eigenvalue weighted by Crippen LogP contribution is -2.47. The minimum Gasteiger partial charge on any atom is -0.469 e. The highest BCUT2D eigenvalue weighted by Crippen LogP contribution is 2.41. The van der Waals surface area contributed by atoms with Gasteiger partial charge in [0.05, 0.1) is 19.1 Å². The average molecular weight is 743 g/mol. The van der Waals surface area contributed by atoms with Crippen LogP contribution >= 0.6 is 11.3 Å². The number of methoxy groups -OCH3 is 1. The van der Waals surface area contributed by atoms with Gasteiger partial charge in [-0.25, -0.2) is 9.37 Å². The molecule has 1 saturated heterocycles. The summed E-state index contributed by atoms with van der Waals surface area (Å²) < 4.78 is 24.2. The number of benzene rings is 1. The van der Waals surface area contributed by atoms with E-state index in [4.69, 9.17) is 9.47 Å². The highest BCUT2D eigenvalue weighted by atomic mass is 32.1. The van der Waals surface area contributed by atoms with E-state index < -0.39 is 35.9 Å². The Morgan fingerprint density at radius 2 is 1.75 bits per heavy atom. The molecule has 11 nitrogen and oxygen atoms in total. The number of thiazole rings is 1. The number of amides is 2. The Hall–Kier alpha value is -3.71. The van der Waals surface area contributed by atoms with E-state index in [1.54, 1.807) is 36.4 Å². The molecule has 1 aromatic heterocycles. The van der Waals surface area contributed by atoms with E-state index in [0.717, 1.165) is 44.2 Å². The van der Waals surface area contributed by atoms with E-state index in [2.05, 4.69) is 15.2 Å². The van der Waals surface area contributed by atoms with E-state index in [9.17, 15) is 28.4 Å². The Morgan fingerprint density at radius 3 is 2.35 bits per heavy atom. The normalized spacial score (nSPS) is 19.2. The molecule has 6 atom stereocenters. The van der Waals surface area contributed by atoms with Crippen molar-refractivity contribution in [2.75, 3.05) is 27.7 Å². The van der Waals surface area contributed by atoms with Crippen molar-refractivity contribution in [3.63, 3.8) is 0 Å². The van der Waals surface area contributed by atoms with Gasteiger partial charge in [0, 0.05) is 50.2 Å². The molecule has 0 spiro atoms. The number of Topliss-reactive ketones (excluding diaryl/α,β-unsaturated/α-hetero) is 1. The minimum atomic E-state index is -0.821. The summed E-state index contributed by atoms with van der Waals surface area (Å²) in [4.78, 5) is 74.1. The number of carbonyl (C=O) groups excluding carboxylic acids is 5. The molecule has 0 unspecified atom stereocenters. The summed E-state index contributed by atoms with van der Waals surface area (Å²) in [6.45, 7) is 7.92. The van der Waals surface area contributed by atoms with E-state index in [1.165, 1.54) is 37.5 Å². The topological polar surface area (TPSA) is 135 Å². The van der Waals surface area contributed by atoms with E-state index >= 15 is 0 Å². The fraction of sp³-hybridized carbons (Fsp3) is 0.641. The zero-order valence-electron chi connectivity index (χ0n) is 31.6. The predicted molar refractivity (Wildman–Crippen MR) is 196 cm³/mol. The summed E-state index contributed by atoms with van der Waals surface area (Å²) in [6.07, 6.45) is 5.07. The Morgan fingerprint density at radius 1 is 1.06 bits per heavy atom. The second-order valence-electron chi connectivity index (χ2n) is 14.9. The van der Waals surface area contributed by atoms with Gasteiger partial charge in [-0.2, -0.15) is 0 Å². The molecule has 286 valence electrons. The molecule has 1 aromatic carbocycles. The van der Waals surface area contributed by atoms with Crippen LogP contribution in [0.2, 0.25) is 0 Å². The molecule has 2 aliphatic rings. The molecule has 2 aromatic rings. The predicted octanol–water partition coefficient (Wildman–Crippen LogP) is 5.77. The van der Waals surface area contributed by atoms with Gasteiger partial charge in [0.15, 0.2) is 11.9 Å². The fourth-order valence-electron chi connectivity index (χ4n) is 7.33. The van der Waals surface area contributed by atoms with Crippen molar-refractivity contribution in [1.29, 1.82) is 0 Å². The summed E-state index contributed by atoms with van der Waals surface area (Å²) in [5, 5.41) is 4.98. The monoisotopic (exact) mass is 742 g/mol. The number of ketones is 1. The Balaban J connectivity index is 1.49. The first-order valence-corrected chi connectivity index (χ1v) is 19.3. The molecule has 0 radical (unpaired) electrons. The number of halogens is 1. The largest absolute Gasteiger partial charge is 0.469 e. The van der Waals surface area contributed by atoms with Crippen LogP contribution in [0.4, 0.5) is 4.39 Å². The van der Waals surface area contributed by atoms with Crippen LogP contribution in [0.3, 0.4) is 0 Å². The molecular formula is C39H55FN4O7S. The molecule has 1 aliphatic carbocycles. The molecule has 1 aliphatic heterocycles. The number of ether oxygens (including phenoxy) is 2. The van der Waals surface area contributed by atoms with Gasteiger partial charge in [0.1, 0.15) is 16.5 Å². The van der Waals surface area contributed by atoms with Crippen LogP contribution in [0.1, 0.15) is 106 Å². The Kier molecular flexibility index (Phi) is 14.9. The number of likely N-dealkylation sites (tertiary alicyclic amines) is 1. The fourth-order valence-corrected chi connectivity index (χ4v) is 8.17. The van der Waals surface area contributed by atoms with Crippen LogP contribution in [-0.2, 0) is 35.1 Å². The van der Waals surface area contributed by atoms with Gasteiger partial charge in [-0.05, 0) is 81.6 Å². The van der Waals surface area contributed by atoms with Crippen molar-refractivity contribution in [2.45, 2.75) is 110 Å². The first-order valence-electron chi connectivity index (χ1n) is 18.4. The number of likely N-dealkylation sites (N-methyl/N-ethyl adjacent to an activating group) is 1. The maximum absolute atomic E-state index is 14.1. The van der Waals surface area contributed by atoms with Crippen molar-refractivity contribution < 1.29 is 37.8 Å². The lowest BCUT2D eigenvalue weighted by Gasteiger charge is -2.36. The summed E-state index contributed by atoms with van der Waals surface area (Å²) in [7, 11) is 5.06. The molecular weight excluding hydrogens is 688 g/mol. The van der Waals surface area contributed by atoms with Gasteiger partial charge in [0.2, 0.25) is 5.91 Å². The zero-order valence-corrected chi connectivity index (χ0v) is 32.4. The standard InChI is InChI=1S/C39H55FN4O7S/c1-23(2)33(44(6)38(48)30(27-13-14-27)20-34(46)32-10-8-9-17-43(32)5)21-35(51-25(4)45)37-42-31(22-52-37)36(47)41-29(18-24(3)39(49)50-7)19-26-11-15-28(40)16-12-26/h11-12,15-16,22-24,27,29-30,32-33,35H,8-10,13-14,17-21H2,1-7H3,(H,41,47)/t24-,29+,30-,32+,33+,35+/m0/s1. The van der Waals surface area contributed by atoms with Crippen LogP contribution in [0.15, 0.2) is 29.6 Å². The highest BCUT2D eigenvalue weighted by molar-refractivity contribution is 7.09. The average Bonchev–Trinajstić information content (AvgIpc) is 3.83. The lowest BCUT2D eigenvalue weighted by molar-refractivity contribution is -0.149. The van der Waals surface area contributed by atoms with Gasteiger partial charge in [-0.15, -0.1) is 11.3 Å². The van der Waals surface area contributed by atoms with E-state index in [1.807, 2.05) is 20.9 Å². The Labute approximate surface area is 311 Å². The Bertz CT molecular complexity index is 1550.